The third kappa shape index (κ3) is 9.58. The van der Waals surface area contributed by atoms with Crippen molar-refractivity contribution in [1.29, 1.82) is 5.26 Å². The van der Waals surface area contributed by atoms with Crippen LogP contribution in [0.15, 0.2) is 11.8 Å². The second-order valence-corrected chi connectivity index (χ2v) is 3.36. The van der Waals surface area contributed by atoms with Crippen LogP contribution in [0.4, 0.5) is 0 Å². The van der Waals surface area contributed by atoms with E-state index in [-0.39, 0.29) is 31.8 Å². The molecule has 0 atom stereocenters. The lowest BCUT2D eigenvalue weighted by atomic mass is 10.3. The number of rotatable bonds is 10. The number of ether oxygens (including phenoxy) is 1. The topological polar surface area (TPSA) is 132 Å². The van der Waals surface area contributed by atoms with Crippen LogP contribution in [0.1, 0.15) is 6.42 Å². The van der Waals surface area contributed by atoms with E-state index >= 15 is 0 Å². The van der Waals surface area contributed by atoms with E-state index < -0.39 is 11.9 Å². The van der Waals surface area contributed by atoms with Crippen LogP contribution in [0.5, 0.6) is 0 Å². The van der Waals surface area contributed by atoms with Gasteiger partial charge in [-0.1, -0.05) is 0 Å². The molecule has 0 bridgehead atoms. The van der Waals surface area contributed by atoms with Gasteiger partial charge in [0.2, 0.25) is 0 Å². The molecule has 0 spiro atoms. The van der Waals surface area contributed by atoms with E-state index in [4.69, 9.17) is 20.2 Å². The number of hydrogen-bond donors (Lipinski definition) is 4. The Balaban J connectivity index is 3.93. The lowest BCUT2D eigenvalue weighted by Gasteiger charge is -2.04. The number of carboxylic acids is 1. The van der Waals surface area contributed by atoms with Crippen molar-refractivity contribution in [3.05, 3.63) is 11.8 Å². The van der Waals surface area contributed by atoms with E-state index in [0.717, 1.165) is 0 Å². The van der Waals surface area contributed by atoms with E-state index in [1.165, 1.54) is 6.20 Å². The minimum absolute atomic E-state index is 0.0349. The Hall–Kier alpha value is -2.11. The Labute approximate surface area is 110 Å². The van der Waals surface area contributed by atoms with Crippen LogP contribution in [-0.2, 0) is 14.3 Å². The number of carboxylic acid groups (broad SMARTS) is 1. The number of nitrogens with one attached hydrogen (secondary N) is 2. The highest BCUT2D eigenvalue weighted by atomic mass is 16.5. The highest BCUT2D eigenvalue weighted by Crippen LogP contribution is 1.90. The number of amides is 1. The van der Waals surface area contributed by atoms with Crippen LogP contribution in [0, 0.1) is 11.3 Å². The summed E-state index contributed by atoms with van der Waals surface area (Å²) in [7, 11) is 0. The Morgan fingerprint density at radius 1 is 1.32 bits per heavy atom. The molecule has 0 aliphatic carbocycles. The summed E-state index contributed by atoms with van der Waals surface area (Å²) in [6.07, 6.45) is 1.03. The number of nitriles is 1. The summed E-state index contributed by atoms with van der Waals surface area (Å²) < 4.78 is 4.96. The normalized spacial score (nSPS) is 10.6. The van der Waals surface area contributed by atoms with Crippen molar-refractivity contribution in [1.82, 2.24) is 10.6 Å². The van der Waals surface area contributed by atoms with Crippen molar-refractivity contribution >= 4 is 11.9 Å². The number of carbonyl (C=O) groups is 2. The molecule has 8 nitrogen and oxygen atoms in total. The molecule has 0 saturated heterocycles. The first-order chi connectivity index (χ1) is 9.11. The quantitative estimate of drug-likeness (QED) is 0.218. The molecule has 0 aromatic rings. The summed E-state index contributed by atoms with van der Waals surface area (Å²) in [6, 6.07) is 1.70. The zero-order valence-electron chi connectivity index (χ0n) is 10.4. The second kappa shape index (κ2) is 11.0. The molecule has 8 heteroatoms. The average Bonchev–Trinajstić information content (AvgIpc) is 2.37. The molecule has 0 heterocycles. The monoisotopic (exact) mass is 271 g/mol. The summed E-state index contributed by atoms with van der Waals surface area (Å²) >= 11 is 0. The van der Waals surface area contributed by atoms with Crippen LogP contribution < -0.4 is 10.6 Å². The predicted octanol–water partition coefficient (Wildman–Crippen LogP) is -1.42. The number of nitrogens with zero attached hydrogens (tertiary/aromatic N) is 1. The average molecular weight is 271 g/mol. The molecule has 0 radical (unpaired) electrons. The van der Waals surface area contributed by atoms with Crippen LogP contribution in [0.2, 0.25) is 0 Å². The first-order valence-electron chi connectivity index (χ1n) is 5.64. The van der Waals surface area contributed by atoms with Crippen LogP contribution in [0.3, 0.4) is 0 Å². The third-order valence-electron chi connectivity index (χ3n) is 1.86. The molecule has 0 aliphatic rings. The largest absolute Gasteiger partial charge is 0.481 e. The van der Waals surface area contributed by atoms with Crippen molar-refractivity contribution in [2.75, 3.05) is 32.9 Å². The Kier molecular flexibility index (Phi) is 9.79. The highest BCUT2D eigenvalue weighted by Gasteiger charge is 2.08. The molecule has 106 valence electrons. The lowest BCUT2D eigenvalue weighted by molar-refractivity contribution is -0.136. The molecule has 0 unspecified atom stereocenters. The van der Waals surface area contributed by atoms with Gasteiger partial charge >= 0.3 is 5.97 Å². The van der Waals surface area contributed by atoms with Crippen molar-refractivity contribution < 1.29 is 24.5 Å². The first-order valence-corrected chi connectivity index (χ1v) is 5.64. The highest BCUT2D eigenvalue weighted by molar-refractivity contribution is 5.97. The predicted molar refractivity (Wildman–Crippen MR) is 64.9 cm³/mol. The number of aliphatic carboxylic acids is 1. The summed E-state index contributed by atoms with van der Waals surface area (Å²) in [5.41, 5.74) is -0.146. The van der Waals surface area contributed by atoms with Gasteiger partial charge in [0.1, 0.15) is 11.6 Å². The van der Waals surface area contributed by atoms with Crippen molar-refractivity contribution in [2.24, 2.45) is 0 Å². The van der Waals surface area contributed by atoms with Gasteiger partial charge in [-0.15, -0.1) is 0 Å². The maximum atomic E-state index is 11.4. The molecule has 19 heavy (non-hydrogen) atoms. The van der Waals surface area contributed by atoms with E-state index in [1.54, 1.807) is 6.07 Å². The smallest absolute Gasteiger partial charge is 0.305 e. The maximum absolute atomic E-state index is 11.4. The van der Waals surface area contributed by atoms with E-state index in [9.17, 15) is 9.59 Å². The molecular weight excluding hydrogens is 254 g/mol. The summed E-state index contributed by atoms with van der Waals surface area (Å²) in [4.78, 5) is 21.7. The molecule has 0 fully saturated rings. The van der Waals surface area contributed by atoms with Crippen molar-refractivity contribution in [3.63, 3.8) is 0 Å². The van der Waals surface area contributed by atoms with Gasteiger partial charge in [-0.25, -0.2) is 0 Å². The number of hydrogen-bond acceptors (Lipinski definition) is 6. The summed E-state index contributed by atoms with van der Waals surface area (Å²) in [5.74, 6) is -1.66. The van der Waals surface area contributed by atoms with Crippen LogP contribution in [0.25, 0.3) is 0 Å². The molecule has 4 N–H and O–H groups in total. The zero-order chi connectivity index (χ0) is 14.5. The fourth-order valence-corrected chi connectivity index (χ4v) is 0.999. The Bertz CT molecular complexity index is 362. The number of aliphatic hydroxyl groups is 1. The number of aliphatic hydroxyl groups excluding tert-OH is 1. The molecule has 0 rings (SSSR count). The number of carbonyl (C=O) groups excluding carboxylic acids is 1. The molecule has 0 saturated carbocycles. The van der Waals surface area contributed by atoms with E-state index in [2.05, 4.69) is 10.6 Å². The minimum Gasteiger partial charge on any atom is -0.481 e. The van der Waals surface area contributed by atoms with Gasteiger partial charge in [-0.3, -0.25) is 9.59 Å². The molecule has 0 aromatic heterocycles. The zero-order valence-corrected chi connectivity index (χ0v) is 10.4. The van der Waals surface area contributed by atoms with Gasteiger partial charge in [-0.05, 0) is 0 Å². The second-order valence-electron chi connectivity index (χ2n) is 3.36. The van der Waals surface area contributed by atoms with Gasteiger partial charge < -0.3 is 25.6 Å². The van der Waals surface area contributed by atoms with Crippen LogP contribution >= 0.6 is 0 Å². The maximum Gasteiger partial charge on any atom is 0.305 e. The fraction of sp³-hybridized carbons (Fsp3) is 0.545. The molecule has 0 aromatic carbocycles. The van der Waals surface area contributed by atoms with Gasteiger partial charge in [0.25, 0.3) is 5.91 Å². The summed E-state index contributed by atoms with van der Waals surface area (Å²) in [6.45, 7) is 0.841. The molecular formula is C11H17N3O5. The van der Waals surface area contributed by atoms with Gasteiger partial charge in [0.15, 0.2) is 0 Å². The standard InChI is InChI=1S/C11H17N3O5/c12-7-9(8-13-3-5-19-6-4-15)11(18)14-2-1-10(16)17/h8,13,15H,1-6H2,(H,14,18)(H,16,17)/b9-8-. The SMILES string of the molecule is N#C/C(=C/NCCOCCO)C(=O)NCCC(=O)O. The van der Waals surface area contributed by atoms with E-state index in [1.807, 2.05) is 0 Å². The Morgan fingerprint density at radius 3 is 2.63 bits per heavy atom. The van der Waals surface area contributed by atoms with Gasteiger partial charge in [0, 0.05) is 19.3 Å². The van der Waals surface area contributed by atoms with Crippen LogP contribution in [-0.4, -0.2) is 55.0 Å². The summed E-state index contributed by atoms with van der Waals surface area (Å²) in [5, 5.41) is 30.6. The van der Waals surface area contributed by atoms with Gasteiger partial charge in [-0.2, -0.15) is 5.26 Å². The van der Waals surface area contributed by atoms with Crippen molar-refractivity contribution in [2.45, 2.75) is 6.42 Å². The molecule has 1 amide bonds. The van der Waals surface area contributed by atoms with E-state index in [0.29, 0.717) is 13.2 Å². The first kappa shape index (κ1) is 16.9. The third-order valence-corrected chi connectivity index (χ3v) is 1.86. The Morgan fingerprint density at radius 2 is 2.05 bits per heavy atom. The van der Waals surface area contributed by atoms with Gasteiger partial charge in [0.05, 0.1) is 26.2 Å². The molecule has 0 aliphatic heterocycles. The fourth-order valence-electron chi connectivity index (χ4n) is 0.999. The van der Waals surface area contributed by atoms with Crippen molar-refractivity contribution in [3.8, 4) is 6.07 Å². The minimum atomic E-state index is -1.03. The lowest BCUT2D eigenvalue weighted by Crippen LogP contribution is -2.28.